The molecule has 0 saturated carbocycles. The smallest absolute Gasteiger partial charge is 0.222 e. The molecule has 0 aromatic carbocycles. The minimum atomic E-state index is 0.239. The number of hydrogen-bond donors (Lipinski definition) is 1. The van der Waals surface area contributed by atoms with E-state index in [2.05, 4.69) is 27.7 Å². The number of carbonyl (C=O) groups is 1. The van der Waals surface area contributed by atoms with Crippen molar-refractivity contribution < 1.29 is 4.79 Å². The Kier molecular flexibility index (Phi) is 7.44. The first kappa shape index (κ1) is 16.4. The lowest BCUT2D eigenvalue weighted by Crippen LogP contribution is -2.30. The van der Waals surface area contributed by atoms with Crippen LogP contribution in [0.4, 0.5) is 0 Å². The van der Waals surface area contributed by atoms with E-state index in [-0.39, 0.29) is 11.3 Å². The lowest BCUT2D eigenvalue weighted by Gasteiger charge is -2.31. The Labute approximate surface area is 107 Å². The molecule has 1 unspecified atom stereocenters. The van der Waals surface area contributed by atoms with Crippen molar-refractivity contribution in [1.29, 1.82) is 0 Å². The molecule has 2 N–H and O–H groups in total. The average molecular weight is 242 g/mol. The summed E-state index contributed by atoms with van der Waals surface area (Å²) in [6.07, 6.45) is 3.63. The first-order valence-corrected chi connectivity index (χ1v) is 6.77. The molecule has 0 spiro atoms. The molecule has 1 atom stereocenters. The Morgan fingerprint density at radius 1 is 1.29 bits per heavy atom. The summed E-state index contributed by atoms with van der Waals surface area (Å²) in [6.45, 7) is 10.3. The Bertz CT molecular complexity index is 221. The van der Waals surface area contributed by atoms with Crippen molar-refractivity contribution in [3.63, 3.8) is 0 Å². The quantitative estimate of drug-likeness (QED) is 0.746. The van der Waals surface area contributed by atoms with Gasteiger partial charge in [-0.15, -0.1) is 0 Å². The van der Waals surface area contributed by atoms with Crippen LogP contribution < -0.4 is 5.73 Å². The van der Waals surface area contributed by atoms with Gasteiger partial charge in [0.1, 0.15) is 0 Å². The van der Waals surface area contributed by atoms with Crippen LogP contribution in [0.2, 0.25) is 0 Å². The van der Waals surface area contributed by atoms with Crippen molar-refractivity contribution in [2.24, 2.45) is 17.1 Å². The van der Waals surface area contributed by atoms with Gasteiger partial charge in [0.25, 0.3) is 0 Å². The zero-order valence-electron chi connectivity index (χ0n) is 12.3. The highest BCUT2D eigenvalue weighted by Gasteiger charge is 2.24. The van der Waals surface area contributed by atoms with Crippen LogP contribution in [0, 0.1) is 11.3 Å². The van der Waals surface area contributed by atoms with Gasteiger partial charge in [0.05, 0.1) is 0 Å². The fourth-order valence-electron chi connectivity index (χ4n) is 2.16. The molecule has 0 heterocycles. The molecule has 3 heteroatoms. The van der Waals surface area contributed by atoms with E-state index < -0.39 is 0 Å². The maximum atomic E-state index is 11.9. The Morgan fingerprint density at radius 2 is 1.88 bits per heavy atom. The summed E-state index contributed by atoms with van der Waals surface area (Å²) in [6, 6.07) is 0. The van der Waals surface area contributed by atoms with Gasteiger partial charge in [-0.25, -0.2) is 0 Å². The maximum absolute atomic E-state index is 11.9. The van der Waals surface area contributed by atoms with Crippen LogP contribution in [0.3, 0.4) is 0 Å². The summed E-state index contributed by atoms with van der Waals surface area (Å²) in [4.78, 5) is 13.7. The summed E-state index contributed by atoms with van der Waals surface area (Å²) >= 11 is 0. The second-order valence-corrected chi connectivity index (χ2v) is 5.99. The zero-order chi connectivity index (χ0) is 13.5. The Hall–Kier alpha value is -0.570. The fourth-order valence-corrected chi connectivity index (χ4v) is 2.16. The lowest BCUT2D eigenvalue weighted by atomic mass is 9.76. The lowest BCUT2D eigenvalue weighted by molar-refractivity contribution is -0.130. The minimum absolute atomic E-state index is 0.239. The van der Waals surface area contributed by atoms with E-state index in [1.807, 2.05) is 11.9 Å². The molecule has 0 aromatic heterocycles. The first-order chi connectivity index (χ1) is 7.82. The van der Waals surface area contributed by atoms with Gasteiger partial charge in [0, 0.05) is 20.0 Å². The van der Waals surface area contributed by atoms with Crippen LogP contribution in [-0.4, -0.2) is 30.9 Å². The molecule has 0 fully saturated rings. The number of carbonyl (C=O) groups excluding carboxylic acids is 1. The van der Waals surface area contributed by atoms with E-state index in [4.69, 9.17) is 5.73 Å². The van der Waals surface area contributed by atoms with Gasteiger partial charge in [0.15, 0.2) is 0 Å². The first-order valence-electron chi connectivity index (χ1n) is 6.77. The molecule has 1 amide bonds. The van der Waals surface area contributed by atoms with E-state index in [0.717, 1.165) is 25.8 Å². The van der Waals surface area contributed by atoms with Gasteiger partial charge < -0.3 is 10.6 Å². The summed E-state index contributed by atoms with van der Waals surface area (Å²) in [5.74, 6) is 0.796. The minimum Gasteiger partial charge on any atom is -0.346 e. The van der Waals surface area contributed by atoms with Crippen LogP contribution in [0.5, 0.6) is 0 Å². The molecule has 0 bridgehead atoms. The molecule has 3 nitrogen and oxygen atoms in total. The average Bonchev–Trinajstić information content (AvgIpc) is 2.22. The fraction of sp³-hybridized carbons (Fsp3) is 0.929. The van der Waals surface area contributed by atoms with Gasteiger partial charge >= 0.3 is 0 Å². The van der Waals surface area contributed by atoms with Crippen molar-refractivity contribution in [3.8, 4) is 0 Å². The molecular weight excluding hydrogens is 212 g/mol. The zero-order valence-corrected chi connectivity index (χ0v) is 12.3. The van der Waals surface area contributed by atoms with Crippen LogP contribution in [0.15, 0.2) is 0 Å². The molecule has 102 valence electrons. The number of amides is 1. The van der Waals surface area contributed by atoms with Crippen LogP contribution >= 0.6 is 0 Å². The third kappa shape index (κ3) is 6.67. The van der Waals surface area contributed by atoms with E-state index in [9.17, 15) is 4.79 Å². The summed E-state index contributed by atoms with van der Waals surface area (Å²) in [5.41, 5.74) is 5.88. The molecule has 0 saturated heterocycles. The molecule has 0 rings (SSSR count). The molecular formula is C14H30N2O. The molecule has 17 heavy (non-hydrogen) atoms. The van der Waals surface area contributed by atoms with Crippen molar-refractivity contribution in [2.45, 2.75) is 53.4 Å². The van der Waals surface area contributed by atoms with Gasteiger partial charge in [-0.1, -0.05) is 27.7 Å². The topological polar surface area (TPSA) is 46.3 Å². The highest BCUT2D eigenvalue weighted by molar-refractivity contribution is 5.75. The predicted molar refractivity (Wildman–Crippen MR) is 73.8 cm³/mol. The van der Waals surface area contributed by atoms with Crippen molar-refractivity contribution in [3.05, 3.63) is 0 Å². The van der Waals surface area contributed by atoms with Crippen LogP contribution in [0.25, 0.3) is 0 Å². The van der Waals surface area contributed by atoms with E-state index in [1.165, 1.54) is 0 Å². The molecule has 0 radical (unpaired) electrons. The van der Waals surface area contributed by atoms with E-state index in [0.29, 0.717) is 18.9 Å². The van der Waals surface area contributed by atoms with Crippen molar-refractivity contribution in [2.75, 3.05) is 20.1 Å². The number of hydrogen-bond acceptors (Lipinski definition) is 2. The molecule has 0 aliphatic carbocycles. The predicted octanol–water partition coefficient (Wildman–Crippen LogP) is 2.65. The Balaban J connectivity index is 4.17. The third-order valence-electron chi connectivity index (χ3n) is 3.43. The SMILES string of the molecule is CCCN(C)C(=O)CCC(CCN)C(C)(C)C. The molecule has 0 aliphatic heterocycles. The van der Waals surface area contributed by atoms with Crippen molar-refractivity contribution in [1.82, 2.24) is 4.90 Å². The third-order valence-corrected chi connectivity index (χ3v) is 3.43. The standard InChI is InChI=1S/C14H30N2O/c1-6-11-16(5)13(17)8-7-12(9-10-15)14(2,3)4/h12H,6-11,15H2,1-5H3. The highest BCUT2D eigenvalue weighted by atomic mass is 16.2. The summed E-state index contributed by atoms with van der Waals surface area (Å²) in [7, 11) is 1.89. The van der Waals surface area contributed by atoms with Crippen LogP contribution in [0.1, 0.15) is 53.4 Å². The van der Waals surface area contributed by atoms with Crippen molar-refractivity contribution >= 4 is 5.91 Å². The number of nitrogens with two attached hydrogens (primary N) is 1. The van der Waals surface area contributed by atoms with Gasteiger partial charge in [-0.2, -0.15) is 0 Å². The normalized spacial score (nSPS) is 13.5. The Morgan fingerprint density at radius 3 is 2.29 bits per heavy atom. The highest BCUT2D eigenvalue weighted by Crippen LogP contribution is 2.32. The van der Waals surface area contributed by atoms with E-state index in [1.54, 1.807) is 0 Å². The van der Waals surface area contributed by atoms with Gasteiger partial charge in [0.2, 0.25) is 5.91 Å². The molecule has 0 aliphatic rings. The largest absolute Gasteiger partial charge is 0.346 e. The second-order valence-electron chi connectivity index (χ2n) is 5.99. The maximum Gasteiger partial charge on any atom is 0.222 e. The molecule has 0 aromatic rings. The second kappa shape index (κ2) is 7.70. The van der Waals surface area contributed by atoms with Gasteiger partial charge in [-0.05, 0) is 37.1 Å². The summed E-state index contributed by atoms with van der Waals surface area (Å²) in [5, 5.41) is 0. The monoisotopic (exact) mass is 242 g/mol. The number of nitrogens with zero attached hydrogens (tertiary/aromatic N) is 1. The van der Waals surface area contributed by atoms with Crippen LogP contribution in [-0.2, 0) is 4.79 Å². The summed E-state index contributed by atoms with van der Waals surface area (Å²) < 4.78 is 0. The van der Waals surface area contributed by atoms with E-state index >= 15 is 0 Å². The number of rotatable bonds is 7. The van der Waals surface area contributed by atoms with Gasteiger partial charge in [-0.3, -0.25) is 4.79 Å².